The van der Waals surface area contributed by atoms with Crippen molar-refractivity contribution in [1.29, 1.82) is 0 Å². The molecular weight excluding hydrogens is 368 g/mol. The van der Waals surface area contributed by atoms with E-state index < -0.39 is 6.04 Å². The number of aromatic nitrogens is 2. The molecule has 2 aromatic carbocycles. The largest absolute Gasteiger partial charge is 0.496 e. The summed E-state index contributed by atoms with van der Waals surface area (Å²) in [7, 11) is 1.57. The fourth-order valence-electron chi connectivity index (χ4n) is 3.66. The van der Waals surface area contributed by atoms with Crippen LogP contribution < -0.4 is 10.1 Å². The van der Waals surface area contributed by atoms with E-state index in [1.165, 1.54) is 0 Å². The van der Waals surface area contributed by atoms with E-state index in [0.717, 1.165) is 23.2 Å². The Labute approximate surface area is 168 Å². The summed E-state index contributed by atoms with van der Waals surface area (Å²) in [5, 5.41) is 9.64. The van der Waals surface area contributed by atoms with Gasteiger partial charge in [-0.05, 0) is 43.2 Å². The van der Waals surface area contributed by atoms with Crippen LogP contribution in [0.5, 0.6) is 5.75 Å². The Morgan fingerprint density at radius 2 is 2.03 bits per heavy atom. The van der Waals surface area contributed by atoms with Crippen molar-refractivity contribution in [3.8, 4) is 16.9 Å². The maximum atomic E-state index is 13.2. The molecule has 0 spiro atoms. The number of hydrogen-bond acceptors (Lipinski definition) is 4. The molecule has 7 heteroatoms. The molecule has 2 heterocycles. The number of hydrogen-bond donors (Lipinski definition) is 2. The average molecular weight is 390 g/mol. The summed E-state index contributed by atoms with van der Waals surface area (Å²) < 4.78 is 5.48. The second-order valence-electron chi connectivity index (χ2n) is 6.91. The predicted molar refractivity (Wildman–Crippen MR) is 110 cm³/mol. The molecule has 1 unspecified atom stereocenters. The Bertz CT molecular complexity index is 1000. The Kier molecular flexibility index (Phi) is 5.29. The number of benzene rings is 2. The van der Waals surface area contributed by atoms with E-state index in [1.807, 2.05) is 36.4 Å². The molecule has 1 fully saturated rings. The highest BCUT2D eigenvalue weighted by Gasteiger charge is 2.34. The summed E-state index contributed by atoms with van der Waals surface area (Å²) in [6, 6.07) is 14.1. The number of methoxy groups -OCH3 is 1. The lowest BCUT2D eigenvalue weighted by Gasteiger charge is -2.24. The third-order valence-corrected chi connectivity index (χ3v) is 5.12. The van der Waals surface area contributed by atoms with Gasteiger partial charge >= 0.3 is 0 Å². The highest BCUT2D eigenvalue weighted by atomic mass is 16.5. The monoisotopic (exact) mass is 390 g/mol. The van der Waals surface area contributed by atoms with Crippen LogP contribution in [0.15, 0.2) is 60.9 Å². The van der Waals surface area contributed by atoms with Gasteiger partial charge in [0.15, 0.2) is 0 Å². The number of carbonyl (C=O) groups is 2. The van der Waals surface area contributed by atoms with Crippen molar-refractivity contribution in [1.82, 2.24) is 15.1 Å². The Morgan fingerprint density at radius 3 is 2.76 bits per heavy atom. The summed E-state index contributed by atoms with van der Waals surface area (Å²) in [5.41, 5.74) is 2.94. The molecule has 1 saturated heterocycles. The summed E-state index contributed by atoms with van der Waals surface area (Å²) in [6.45, 7) is 0.553. The van der Waals surface area contributed by atoms with Crippen molar-refractivity contribution < 1.29 is 14.3 Å². The molecule has 1 aromatic heterocycles. The lowest BCUT2D eigenvalue weighted by atomic mass is 10.0. The van der Waals surface area contributed by atoms with Crippen LogP contribution in [0.1, 0.15) is 23.2 Å². The van der Waals surface area contributed by atoms with E-state index in [2.05, 4.69) is 15.5 Å². The molecule has 0 saturated carbocycles. The molecule has 7 nitrogen and oxygen atoms in total. The first-order chi connectivity index (χ1) is 14.2. The van der Waals surface area contributed by atoms with Gasteiger partial charge in [-0.1, -0.05) is 18.2 Å². The number of aromatic amines is 1. The maximum absolute atomic E-state index is 13.2. The molecule has 1 atom stereocenters. The minimum absolute atomic E-state index is 0.163. The zero-order chi connectivity index (χ0) is 20.2. The molecule has 0 aliphatic carbocycles. The highest BCUT2D eigenvalue weighted by molar-refractivity contribution is 6.02. The molecule has 0 radical (unpaired) electrons. The number of rotatable bonds is 5. The second-order valence-corrected chi connectivity index (χ2v) is 6.91. The SMILES string of the molecule is COc1cc(C(=O)N2CCCC2C(=O)Nc2ccccc2)ccc1-c1cn[nH]c1. The number of amides is 2. The van der Waals surface area contributed by atoms with E-state index in [9.17, 15) is 9.59 Å². The number of ether oxygens (including phenoxy) is 1. The first kappa shape index (κ1) is 18.7. The topological polar surface area (TPSA) is 87.3 Å². The van der Waals surface area contributed by atoms with Crippen LogP contribution in [0.3, 0.4) is 0 Å². The van der Waals surface area contributed by atoms with Gasteiger partial charge in [-0.15, -0.1) is 0 Å². The van der Waals surface area contributed by atoms with Crippen LogP contribution in [0.25, 0.3) is 11.1 Å². The van der Waals surface area contributed by atoms with Gasteiger partial charge in [-0.25, -0.2) is 0 Å². The highest BCUT2D eigenvalue weighted by Crippen LogP contribution is 2.31. The molecule has 148 valence electrons. The van der Waals surface area contributed by atoms with Crippen molar-refractivity contribution >= 4 is 17.5 Å². The van der Waals surface area contributed by atoms with Gasteiger partial charge in [0.05, 0.1) is 13.3 Å². The standard InChI is InChI=1S/C22H22N4O3/c1-29-20-12-15(9-10-18(20)16-13-23-24-14-16)22(28)26-11-5-8-19(26)21(27)25-17-6-3-2-4-7-17/h2-4,6-7,9-10,12-14,19H,5,8,11H2,1H3,(H,23,24)(H,25,27). The van der Waals surface area contributed by atoms with Crippen molar-refractivity contribution in [2.75, 3.05) is 19.0 Å². The average Bonchev–Trinajstić information content (AvgIpc) is 3.45. The van der Waals surface area contributed by atoms with Crippen molar-refractivity contribution in [3.05, 3.63) is 66.5 Å². The normalized spacial score (nSPS) is 15.9. The molecule has 1 aliphatic heterocycles. The molecular formula is C22H22N4O3. The minimum Gasteiger partial charge on any atom is -0.496 e. The van der Waals surface area contributed by atoms with Gasteiger partial charge in [-0.3, -0.25) is 14.7 Å². The van der Waals surface area contributed by atoms with Crippen molar-refractivity contribution in [3.63, 3.8) is 0 Å². The third-order valence-electron chi connectivity index (χ3n) is 5.12. The van der Waals surface area contributed by atoms with Gasteiger partial charge in [0.1, 0.15) is 11.8 Å². The quantitative estimate of drug-likeness (QED) is 0.700. The lowest BCUT2D eigenvalue weighted by Crippen LogP contribution is -2.43. The fraction of sp³-hybridized carbons (Fsp3) is 0.227. The maximum Gasteiger partial charge on any atom is 0.254 e. The molecule has 4 rings (SSSR count). The molecule has 2 amide bonds. The van der Waals surface area contributed by atoms with E-state index >= 15 is 0 Å². The number of nitrogens with one attached hydrogen (secondary N) is 2. The van der Waals surface area contributed by atoms with Crippen molar-refractivity contribution in [2.45, 2.75) is 18.9 Å². The van der Waals surface area contributed by atoms with Gasteiger partial charge in [0.25, 0.3) is 5.91 Å². The van der Waals surface area contributed by atoms with E-state index in [0.29, 0.717) is 24.3 Å². The third kappa shape index (κ3) is 3.85. The summed E-state index contributed by atoms with van der Waals surface area (Å²) in [4.78, 5) is 27.5. The predicted octanol–water partition coefficient (Wildman–Crippen LogP) is 3.33. The van der Waals surface area contributed by atoms with Gasteiger partial charge in [0.2, 0.25) is 5.91 Å². The summed E-state index contributed by atoms with van der Waals surface area (Å²) >= 11 is 0. The summed E-state index contributed by atoms with van der Waals surface area (Å²) in [5.74, 6) is 0.249. The van der Waals surface area contributed by atoms with Gasteiger partial charge in [0, 0.05) is 35.1 Å². The molecule has 1 aliphatic rings. The number of nitrogens with zero attached hydrogens (tertiary/aromatic N) is 2. The molecule has 29 heavy (non-hydrogen) atoms. The molecule has 0 bridgehead atoms. The number of H-pyrrole nitrogens is 1. The zero-order valence-electron chi connectivity index (χ0n) is 16.1. The Hall–Kier alpha value is -3.61. The smallest absolute Gasteiger partial charge is 0.254 e. The van der Waals surface area contributed by atoms with Gasteiger partial charge in [-0.2, -0.15) is 5.10 Å². The van der Waals surface area contributed by atoms with Crippen molar-refractivity contribution in [2.24, 2.45) is 0 Å². The zero-order valence-corrected chi connectivity index (χ0v) is 16.1. The van der Waals surface area contributed by atoms with Crippen LogP contribution >= 0.6 is 0 Å². The van der Waals surface area contributed by atoms with Crippen LogP contribution in [0.4, 0.5) is 5.69 Å². The number of para-hydroxylation sites is 1. The molecule has 3 aromatic rings. The fourth-order valence-corrected chi connectivity index (χ4v) is 3.66. The van der Waals surface area contributed by atoms with Crippen LogP contribution in [-0.2, 0) is 4.79 Å². The Morgan fingerprint density at radius 1 is 1.21 bits per heavy atom. The number of carbonyl (C=O) groups excluding carboxylic acids is 2. The first-order valence-corrected chi connectivity index (χ1v) is 9.51. The number of anilines is 1. The number of likely N-dealkylation sites (tertiary alicyclic amines) is 1. The van der Waals surface area contributed by atoms with Crippen LogP contribution in [0, 0.1) is 0 Å². The van der Waals surface area contributed by atoms with E-state index in [-0.39, 0.29) is 11.8 Å². The van der Waals surface area contributed by atoms with E-state index in [4.69, 9.17) is 4.74 Å². The molecule has 2 N–H and O–H groups in total. The van der Waals surface area contributed by atoms with Crippen LogP contribution in [0.2, 0.25) is 0 Å². The summed E-state index contributed by atoms with van der Waals surface area (Å²) in [6.07, 6.45) is 4.91. The van der Waals surface area contributed by atoms with Gasteiger partial charge < -0.3 is 15.0 Å². The van der Waals surface area contributed by atoms with E-state index in [1.54, 1.807) is 36.5 Å². The second kappa shape index (κ2) is 8.18. The lowest BCUT2D eigenvalue weighted by molar-refractivity contribution is -0.119. The van der Waals surface area contributed by atoms with Crippen LogP contribution in [-0.4, -0.2) is 46.6 Å². The first-order valence-electron chi connectivity index (χ1n) is 9.51. The Balaban J connectivity index is 1.54. The minimum atomic E-state index is -0.484.